The molecule has 0 atom stereocenters. The van der Waals surface area contributed by atoms with Gasteiger partial charge in [-0.2, -0.15) is 0 Å². The van der Waals surface area contributed by atoms with E-state index in [0.717, 1.165) is 36.0 Å². The molecule has 0 radical (unpaired) electrons. The second-order valence-corrected chi connectivity index (χ2v) is 7.09. The molecule has 0 spiro atoms. The van der Waals surface area contributed by atoms with Crippen LogP contribution in [-0.4, -0.2) is 0 Å². The first kappa shape index (κ1) is 21.0. The highest BCUT2D eigenvalue weighted by atomic mass is 19.2. The molecule has 3 aromatic carbocycles. The van der Waals surface area contributed by atoms with Gasteiger partial charge in [0.05, 0.1) is 0 Å². The normalized spacial score (nSPS) is 10.9. The van der Waals surface area contributed by atoms with Gasteiger partial charge in [0.1, 0.15) is 18.2 Å². The highest BCUT2D eigenvalue weighted by Crippen LogP contribution is 2.26. The van der Waals surface area contributed by atoms with Crippen molar-refractivity contribution >= 4 is 0 Å². The summed E-state index contributed by atoms with van der Waals surface area (Å²) in [5.74, 6) is -1.33. The summed E-state index contributed by atoms with van der Waals surface area (Å²) in [4.78, 5) is 0. The van der Waals surface area contributed by atoms with E-state index in [1.165, 1.54) is 0 Å². The summed E-state index contributed by atoms with van der Waals surface area (Å²) in [5, 5.41) is 0. The van der Waals surface area contributed by atoms with Gasteiger partial charge in [0, 0.05) is 5.56 Å². The maximum atomic E-state index is 14.3. The zero-order valence-electron chi connectivity index (χ0n) is 16.8. The van der Waals surface area contributed by atoms with Crippen molar-refractivity contribution in [2.24, 2.45) is 0 Å². The number of unbranched alkanes of at least 4 members (excludes halogenated alkanes) is 1. The van der Waals surface area contributed by atoms with Gasteiger partial charge in [-0.25, -0.2) is 13.2 Å². The van der Waals surface area contributed by atoms with Gasteiger partial charge in [0.2, 0.25) is 0 Å². The van der Waals surface area contributed by atoms with Crippen molar-refractivity contribution in [3.63, 3.8) is 0 Å². The van der Waals surface area contributed by atoms with Gasteiger partial charge >= 0.3 is 0 Å². The Kier molecular flexibility index (Phi) is 6.97. The van der Waals surface area contributed by atoms with E-state index in [9.17, 15) is 13.2 Å². The van der Waals surface area contributed by atoms with Crippen molar-refractivity contribution < 1.29 is 17.9 Å². The monoisotopic (exact) mass is 398 g/mol. The Hall–Kier alpha value is -2.75. The van der Waals surface area contributed by atoms with E-state index in [1.54, 1.807) is 37.3 Å². The number of hydrogen-bond acceptors (Lipinski definition) is 1. The lowest BCUT2D eigenvalue weighted by atomic mass is 10.0. The molecule has 3 rings (SSSR count). The van der Waals surface area contributed by atoms with E-state index >= 15 is 0 Å². The van der Waals surface area contributed by atoms with E-state index in [4.69, 9.17) is 4.74 Å². The molecule has 29 heavy (non-hydrogen) atoms. The van der Waals surface area contributed by atoms with E-state index in [1.807, 2.05) is 24.3 Å². The van der Waals surface area contributed by atoms with E-state index < -0.39 is 11.6 Å². The van der Waals surface area contributed by atoms with Crippen LogP contribution in [0.1, 0.15) is 43.4 Å². The molecule has 4 heteroatoms. The largest absolute Gasteiger partial charge is 0.489 e. The summed E-state index contributed by atoms with van der Waals surface area (Å²) < 4.78 is 47.9. The third kappa shape index (κ3) is 5.00. The van der Waals surface area contributed by atoms with E-state index in [2.05, 4.69) is 6.92 Å². The summed E-state index contributed by atoms with van der Waals surface area (Å²) in [5.41, 5.74) is 2.91. The molecule has 0 saturated heterocycles. The Labute approximate surface area is 170 Å². The Morgan fingerprint density at radius 1 is 0.724 bits per heavy atom. The van der Waals surface area contributed by atoms with Crippen molar-refractivity contribution in [1.82, 2.24) is 0 Å². The van der Waals surface area contributed by atoms with Crippen LogP contribution >= 0.6 is 0 Å². The lowest BCUT2D eigenvalue weighted by molar-refractivity contribution is 0.297. The molecule has 1 nitrogen and oxygen atoms in total. The molecule has 0 N–H and O–H groups in total. The minimum absolute atomic E-state index is 0.0627. The number of aryl methyl sites for hydroxylation is 2. The van der Waals surface area contributed by atoms with Crippen LogP contribution in [0.2, 0.25) is 0 Å². The van der Waals surface area contributed by atoms with Gasteiger partial charge in [-0.15, -0.1) is 0 Å². The molecule has 0 saturated carbocycles. The van der Waals surface area contributed by atoms with Crippen LogP contribution < -0.4 is 4.74 Å². The van der Waals surface area contributed by atoms with Gasteiger partial charge in [-0.1, -0.05) is 56.7 Å². The highest BCUT2D eigenvalue weighted by molar-refractivity contribution is 5.64. The molecule has 0 amide bonds. The zero-order chi connectivity index (χ0) is 20.8. The fourth-order valence-electron chi connectivity index (χ4n) is 3.22. The molecule has 0 bridgehead atoms. The predicted molar refractivity (Wildman–Crippen MR) is 111 cm³/mol. The Bertz CT molecular complexity index is 965. The minimum atomic E-state index is -0.861. The SMILES string of the molecule is CCCCc1ccc(-c2ccc(OCc3ccc(CC)c(F)c3F)cc2)cc1F. The first-order chi connectivity index (χ1) is 14.0. The summed E-state index contributed by atoms with van der Waals surface area (Å²) >= 11 is 0. The Morgan fingerprint density at radius 2 is 1.34 bits per heavy atom. The molecule has 0 aliphatic heterocycles. The van der Waals surface area contributed by atoms with Crippen LogP contribution in [0.4, 0.5) is 13.2 Å². The van der Waals surface area contributed by atoms with Crippen molar-refractivity contribution in [2.45, 2.75) is 46.1 Å². The van der Waals surface area contributed by atoms with Crippen molar-refractivity contribution in [2.75, 3.05) is 0 Å². The lowest BCUT2D eigenvalue weighted by Crippen LogP contribution is -2.03. The van der Waals surface area contributed by atoms with Crippen LogP contribution in [0.3, 0.4) is 0 Å². The fraction of sp³-hybridized carbons (Fsp3) is 0.280. The number of halogens is 3. The molecular weight excluding hydrogens is 373 g/mol. The van der Waals surface area contributed by atoms with Gasteiger partial charge in [-0.3, -0.25) is 0 Å². The number of benzene rings is 3. The summed E-state index contributed by atoms with van der Waals surface area (Å²) in [6.45, 7) is 3.80. The Balaban J connectivity index is 1.68. The lowest BCUT2D eigenvalue weighted by Gasteiger charge is -2.10. The molecule has 0 heterocycles. The second kappa shape index (κ2) is 9.64. The average Bonchev–Trinajstić information content (AvgIpc) is 2.74. The topological polar surface area (TPSA) is 9.23 Å². The van der Waals surface area contributed by atoms with Crippen LogP contribution in [-0.2, 0) is 19.4 Å². The third-order valence-electron chi connectivity index (χ3n) is 5.06. The molecule has 0 aliphatic carbocycles. The van der Waals surface area contributed by atoms with E-state index in [-0.39, 0.29) is 18.0 Å². The quantitative estimate of drug-likeness (QED) is 0.388. The fourth-order valence-corrected chi connectivity index (χ4v) is 3.22. The number of ether oxygens (including phenoxy) is 1. The van der Waals surface area contributed by atoms with Crippen LogP contribution in [0, 0.1) is 17.5 Å². The smallest absolute Gasteiger partial charge is 0.165 e. The van der Waals surface area contributed by atoms with Gasteiger partial charge in [0.25, 0.3) is 0 Å². The first-order valence-corrected chi connectivity index (χ1v) is 10.0. The zero-order valence-corrected chi connectivity index (χ0v) is 16.8. The second-order valence-electron chi connectivity index (χ2n) is 7.09. The highest BCUT2D eigenvalue weighted by Gasteiger charge is 2.13. The van der Waals surface area contributed by atoms with Crippen molar-refractivity contribution in [3.8, 4) is 16.9 Å². The molecule has 3 aromatic rings. The molecule has 0 fully saturated rings. The van der Waals surface area contributed by atoms with Gasteiger partial charge in [-0.05, 0) is 59.7 Å². The predicted octanol–water partition coefficient (Wildman–Crippen LogP) is 7.25. The molecule has 152 valence electrons. The first-order valence-electron chi connectivity index (χ1n) is 10.0. The number of hydrogen-bond donors (Lipinski definition) is 0. The van der Waals surface area contributed by atoms with Crippen LogP contribution in [0.15, 0.2) is 54.6 Å². The molecule has 0 aromatic heterocycles. The Morgan fingerprint density at radius 3 is 2.00 bits per heavy atom. The maximum absolute atomic E-state index is 14.3. The molecule has 0 aliphatic rings. The summed E-state index contributed by atoms with van der Waals surface area (Å²) in [6, 6.07) is 15.6. The molecular formula is C25H25F3O. The van der Waals surface area contributed by atoms with E-state index in [0.29, 0.717) is 17.7 Å². The summed E-state index contributed by atoms with van der Waals surface area (Å²) in [6.07, 6.45) is 3.17. The number of rotatable bonds is 8. The van der Waals surface area contributed by atoms with Crippen molar-refractivity contribution in [3.05, 3.63) is 88.7 Å². The van der Waals surface area contributed by atoms with Crippen LogP contribution in [0.25, 0.3) is 11.1 Å². The summed E-state index contributed by atoms with van der Waals surface area (Å²) in [7, 11) is 0. The van der Waals surface area contributed by atoms with Gasteiger partial charge < -0.3 is 4.74 Å². The minimum Gasteiger partial charge on any atom is -0.489 e. The maximum Gasteiger partial charge on any atom is 0.165 e. The third-order valence-corrected chi connectivity index (χ3v) is 5.06. The van der Waals surface area contributed by atoms with Crippen molar-refractivity contribution in [1.29, 1.82) is 0 Å². The molecule has 0 unspecified atom stereocenters. The standard InChI is InChI=1S/C25H25F3O/c1-3-5-6-19-8-9-20(15-23(19)26)18-11-13-22(14-12-18)29-16-21-10-7-17(4-2)24(27)25(21)28/h7-15H,3-6,16H2,1-2H3. The average molecular weight is 398 g/mol. The van der Waals surface area contributed by atoms with Crippen LogP contribution in [0.5, 0.6) is 5.75 Å². The van der Waals surface area contributed by atoms with Gasteiger partial charge in [0.15, 0.2) is 11.6 Å².